The predicted octanol–water partition coefficient (Wildman–Crippen LogP) is 4.78. The summed E-state index contributed by atoms with van der Waals surface area (Å²) in [7, 11) is 4.10. The van der Waals surface area contributed by atoms with Gasteiger partial charge >= 0.3 is 0 Å². The van der Waals surface area contributed by atoms with Crippen LogP contribution in [-0.4, -0.2) is 29.0 Å². The van der Waals surface area contributed by atoms with Gasteiger partial charge in [0.15, 0.2) is 5.65 Å². The van der Waals surface area contributed by atoms with Crippen molar-refractivity contribution < 1.29 is 0 Å². The lowest BCUT2D eigenvalue weighted by atomic mass is 9.89. The molecule has 3 aromatic rings. The summed E-state index contributed by atoms with van der Waals surface area (Å²) in [5.74, 6) is 0.826. The van der Waals surface area contributed by atoms with Gasteiger partial charge in [0, 0.05) is 36.9 Å². The summed E-state index contributed by atoms with van der Waals surface area (Å²) in [6.07, 6.45) is 9.55. The minimum absolute atomic E-state index is 0.280. The lowest BCUT2D eigenvalue weighted by Gasteiger charge is -2.18. The number of hydrogen-bond acceptors (Lipinski definition) is 5. The molecule has 2 N–H and O–H groups in total. The zero-order valence-corrected chi connectivity index (χ0v) is 16.2. The van der Waals surface area contributed by atoms with Crippen LogP contribution in [0.5, 0.6) is 0 Å². The van der Waals surface area contributed by atoms with Crippen LogP contribution in [-0.2, 0) is 0 Å². The van der Waals surface area contributed by atoms with Gasteiger partial charge in [-0.25, -0.2) is 9.97 Å². The van der Waals surface area contributed by atoms with Crippen molar-refractivity contribution in [2.45, 2.75) is 44.4 Å². The van der Waals surface area contributed by atoms with Crippen molar-refractivity contribution in [1.82, 2.24) is 15.0 Å². The largest absolute Gasteiger partial charge is 0.378 e. The summed E-state index contributed by atoms with van der Waals surface area (Å²) in [6, 6.07) is 10.8. The highest BCUT2D eigenvalue weighted by molar-refractivity contribution is 5.83. The van der Waals surface area contributed by atoms with E-state index in [1.165, 1.54) is 49.8 Å². The van der Waals surface area contributed by atoms with E-state index in [0.29, 0.717) is 11.6 Å². The van der Waals surface area contributed by atoms with Gasteiger partial charge in [-0.1, -0.05) is 37.8 Å². The van der Waals surface area contributed by atoms with E-state index in [0.717, 1.165) is 16.6 Å². The van der Waals surface area contributed by atoms with E-state index in [2.05, 4.69) is 45.2 Å². The zero-order valence-electron chi connectivity index (χ0n) is 16.2. The van der Waals surface area contributed by atoms with Crippen molar-refractivity contribution in [2.75, 3.05) is 24.7 Å². The molecule has 0 atom stereocenters. The van der Waals surface area contributed by atoms with Gasteiger partial charge in [-0.3, -0.25) is 0 Å². The molecular formula is C22H27N5. The average Bonchev–Trinajstić information content (AvgIpc) is 2.96. The molecule has 1 aliphatic rings. The molecule has 27 heavy (non-hydrogen) atoms. The number of rotatable bonds is 3. The lowest BCUT2D eigenvalue weighted by Crippen LogP contribution is -2.08. The maximum atomic E-state index is 5.85. The first-order valence-corrected chi connectivity index (χ1v) is 9.83. The van der Waals surface area contributed by atoms with Crippen LogP contribution in [0.3, 0.4) is 0 Å². The zero-order chi connectivity index (χ0) is 18.8. The number of pyridine rings is 1. The van der Waals surface area contributed by atoms with Crippen molar-refractivity contribution in [2.24, 2.45) is 0 Å². The second kappa shape index (κ2) is 7.51. The quantitative estimate of drug-likeness (QED) is 0.680. The molecule has 1 aliphatic carbocycles. The molecule has 0 bridgehead atoms. The fourth-order valence-corrected chi connectivity index (χ4v) is 4.05. The van der Waals surface area contributed by atoms with Gasteiger partial charge in [0.25, 0.3) is 0 Å². The highest BCUT2D eigenvalue weighted by atomic mass is 15.1. The smallest absolute Gasteiger partial charge is 0.222 e. The molecule has 140 valence electrons. The molecule has 2 aromatic heterocycles. The van der Waals surface area contributed by atoms with E-state index in [4.69, 9.17) is 10.7 Å². The monoisotopic (exact) mass is 361 g/mol. The summed E-state index contributed by atoms with van der Waals surface area (Å²) < 4.78 is 0. The van der Waals surface area contributed by atoms with E-state index in [1.54, 1.807) is 0 Å². The molecule has 0 saturated heterocycles. The number of aromatic nitrogens is 3. The second-order valence-electron chi connectivity index (χ2n) is 7.69. The Morgan fingerprint density at radius 1 is 0.963 bits per heavy atom. The lowest BCUT2D eigenvalue weighted by molar-refractivity contribution is 0.596. The Hall–Kier alpha value is -2.69. The van der Waals surface area contributed by atoms with Gasteiger partial charge < -0.3 is 10.6 Å². The third-order valence-corrected chi connectivity index (χ3v) is 5.59. The number of nitrogens with two attached hydrogens (primary N) is 1. The van der Waals surface area contributed by atoms with E-state index in [1.807, 2.05) is 20.3 Å². The molecule has 1 fully saturated rings. The van der Waals surface area contributed by atoms with Crippen LogP contribution in [0.2, 0.25) is 0 Å². The molecule has 1 saturated carbocycles. The first kappa shape index (κ1) is 17.7. The highest BCUT2D eigenvalue weighted by Crippen LogP contribution is 2.37. The predicted molar refractivity (Wildman–Crippen MR) is 112 cm³/mol. The van der Waals surface area contributed by atoms with Crippen LogP contribution < -0.4 is 10.6 Å². The topological polar surface area (TPSA) is 67.9 Å². The molecular weight excluding hydrogens is 334 g/mol. The van der Waals surface area contributed by atoms with Gasteiger partial charge in [0.05, 0.1) is 5.69 Å². The first-order valence-electron chi connectivity index (χ1n) is 9.83. The molecule has 0 spiro atoms. The fraction of sp³-hybridized carbons (Fsp3) is 0.409. The third kappa shape index (κ3) is 3.72. The number of nitrogens with zero attached hydrogens (tertiary/aromatic N) is 4. The third-order valence-electron chi connectivity index (χ3n) is 5.59. The summed E-state index contributed by atoms with van der Waals surface area (Å²) in [6.45, 7) is 0. The van der Waals surface area contributed by atoms with Crippen LogP contribution in [0.25, 0.3) is 22.3 Å². The van der Waals surface area contributed by atoms with Crippen LogP contribution in [0.1, 0.15) is 50.0 Å². The summed E-state index contributed by atoms with van der Waals surface area (Å²) in [4.78, 5) is 15.6. The summed E-state index contributed by atoms with van der Waals surface area (Å²) in [5, 5.41) is 1.05. The minimum Gasteiger partial charge on any atom is -0.378 e. The van der Waals surface area contributed by atoms with E-state index in [9.17, 15) is 0 Å². The van der Waals surface area contributed by atoms with E-state index in [-0.39, 0.29) is 5.95 Å². The Bertz CT molecular complexity index is 925. The Morgan fingerprint density at radius 3 is 2.33 bits per heavy atom. The van der Waals surface area contributed by atoms with Crippen molar-refractivity contribution in [3.63, 3.8) is 0 Å². The average molecular weight is 361 g/mol. The minimum atomic E-state index is 0.280. The normalized spacial score (nSPS) is 15.6. The number of fused-ring (bicyclic) bond motifs is 1. The number of nitrogen functional groups attached to an aromatic ring is 1. The van der Waals surface area contributed by atoms with Gasteiger partial charge in [-0.15, -0.1) is 0 Å². The molecule has 0 unspecified atom stereocenters. The standard InChI is InChI=1S/C22H27N5/c1-27(2)17-11-9-16(10-12-17)20-13-18(15-7-5-3-4-6-8-15)19-14-24-22(23)26-21(19)25-20/h9-15H,3-8H2,1-2H3,(H2,23,24,25,26). The summed E-state index contributed by atoms with van der Waals surface area (Å²) >= 11 is 0. The van der Waals surface area contributed by atoms with E-state index >= 15 is 0 Å². The Balaban J connectivity index is 1.83. The molecule has 0 aliphatic heterocycles. The maximum Gasteiger partial charge on any atom is 0.222 e. The molecule has 4 rings (SSSR count). The number of hydrogen-bond donors (Lipinski definition) is 1. The first-order chi connectivity index (χ1) is 13.1. The van der Waals surface area contributed by atoms with Crippen LogP contribution >= 0.6 is 0 Å². The van der Waals surface area contributed by atoms with Crippen LogP contribution in [0.15, 0.2) is 36.5 Å². The van der Waals surface area contributed by atoms with Crippen molar-refractivity contribution >= 4 is 22.7 Å². The summed E-state index contributed by atoms with van der Waals surface area (Å²) in [5.41, 5.74) is 11.1. The maximum absolute atomic E-state index is 5.85. The van der Waals surface area contributed by atoms with Crippen molar-refractivity contribution in [3.8, 4) is 11.3 Å². The molecule has 5 nitrogen and oxygen atoms in total. The Morgan fingerprint density at radius 2 is 1.67 bits per heavy atom. The highest BCUT2D eigenvalue weighted by Gasteiger charge is 2.19. The Labute approximate surface area is 160 Å². The van der Waals surface area contributed by atoms with Crippen LogP contribution in [0, 0.1) is 0 Å². The number of anilines is 2. The second-order valence-corrected chi connectivity index (χ2v) is 7.69. The van der Waals surface area contributed by atoms with Crippen molar-refractivity contribution in [1.29, 1.82) is 0 Å². The molecule has 0 radical (unpaired) electrons. The van der Waals surface area contributed by atoms with Gasteiger partial charge in [0.2, 0.25) is 5.95 Å². The SMILES string of the molecule is CN(C)c1ccc(-c2cc(C3CCCCCC3)c3cnc(N)nc3n2)cc1. The van der Waals surface area contributed by atoms with Crippen molar-refractivity contribution in [3.05, 3.63) is 42.1 Å². The molecule has 2 heterocycles. The van der Waals surface area contributed by atoms with E-state index < -0.39 is 0 Å². The van der Waals surface area contributed by atoms with Crippen LogP contribution in [0.4, 0.5) is 11.6 Å². The Kier molecular flexibility index (Phi) is 4.92. The van der Waals surface area contributed by atoms with Gasteiger partial charge in [-0.05, 0) is 42.5 Å². The van der Waals surface area contributed by atoms with Gasteiger partial charge in [0.1, 0.15) is 0 Å². The molecule has 5 heteroatoms. The molecule has 0 amide bonds. The fourth-order valence-electron chi connectivity index (χ4n) is 4.05. The van der Waals surface area contributed by atoms with Gasteiger partial charge in [-0.2, -0.15) is 4.98 Å². The number of benzene rings is 1. The molecule has 1 aromatic carbocycles.